The Bertz CT molecular complexity index is 730. The molecule has 0 saturated heterocycles. The third-order valence-electron chi connectivity index (χ3n) is 2.70. The Morgan fingerprint density at radius 3 is 2.89 bits per heavy atom. The summed E-state index contributed by atoms with van der Waals surface area (Å²) < 4.78 is 1.98. The highest BCUT2D eigenvalue weighted by Gasteiger charge is 2.13. The van der Waals surface area contributed by atoms with E-state index < -0.39 is 0 Å². The van der Waals surface area contributed by atoms with Crippen LogP contribution in [0.3, 0.4) is 0 Å². The van der Waals surface area contributed by atoms with Crippen molar-refractivity contribution >= 4 is 34.1 Å². The van der Waals surface area contributed by atoms with E-state index in [1.165, 1.54) is 7.11 Å². The lowest BCUT2D eigenvalue weighted by Gasteiger charge is -1.99. The Kier molecular flexibility index (Phi) is 3.23. The van der Waals surface area contributed by atoms with Crippen molar-refractivity contribution in [3.05, 3.63) is 46.6 Å². The van der Waals surface area contributed by atoms with Crippen molar-refractivity contribution in [1.82, 2.24) is 9.38 Å². The van der Waals surface area contributed by atoms with E-state index in [-0.39, 0.29) is 0 Å². The molecule has 2 heterocycles. The van der Waals surface area contributed by atoms with Crippen molar-refractivity contribution < 1.29 is 4.84 Å². The second-order valence-electron chi connectivity index (χ2n) is 3.83. The van der Waals surface area contributed by atoms with Crippen LogP contribution in [0.5, 0.6) is 0 Å². The number of aromatic nitrogens is 2. The average Bonchev–Trinajstić information content (AvgIpc) is 2.98. The predicted molar refractivity (Wildman–Crippen MR) is 78.1 cm³/mol. The summed E-state index contributed by atoms with van der Waals surface area (Å²) in [7, 11) is 1.52. The van der Waals surface area contributed by atoms with Crippen LogP contribution in [-0.4, -0.2) is 22.7 Å². The Hall–Kier alpha value is -1.85. The fourth-order valence-electron chi connectivity index (χ4n) is 1.85. The van der Waals surface area contributed by atoms with Gasteiger partial charge in [0.1, 0.15) is 7.11 Å². The van der Waals surface area contributed by atoms with Crippen molar-refractivity contribution in [2.45, 2.75) is 0 Å². The second kappa shape index (κ2) is 5.03. The summed E-state index contributed by atoms with van der Waals surface area (Å²) in [6.45, 7) is 0. The van der Waals surface area contributed by atoms with E-state index in [1.54, 1.807) is 17.6 Å². The summed E-state index contributed by atoms with van der Waals surface area (Å²) in [5.74, 6) is 0. The minimum absolute atomic E-state index is 0.705. The van der Waals surface area contributed by atoms with Gasteiger partial charge in [0.2, 0.25) is 0 Å². The summed E-state index contributed by atoms with van der Waals surface area (Å²) in [4.78, 5) is 10.3. The van der Waals surface area contributed by atoms with Gasteiger partial charge in [0.15, 0.2) is 4.96 Å². The first kappa shape index (κ1) is 12.2. The van der Waals surface area contributed by atoms with Gasteiger partial charge in [0.25, 0.3) is 0 Å². The van der Waals surface area contributed by atoms with E-state index in [0.29, 0.717) is 5.02 Å². The van der Waals surface area contributed by atoms with E-state index in [4.69, 9.17) is 16.4 Å². The number of imidazole rings is 1. The molecule has 1 aromatic carbocycles. The molecule has 0 spiro atoms. The SMILES string of the molecule is CO/N=C\c1c(-c2ccc(Cl)cc2)nc2sccn12. The zero-order valence-corrected chi connectivity index (χ0v) is 11.6. The van der Waals surface area contributed by atoms with Gasteiger partial charge < -0.3 is 4.84 Å². The van der Waals surface area contributed by atoms with Gasteiger partial charge in [0, 0.05) is 22.2 Å². The summed E-state index contributed by atoms with van der Waals surface area (Å²) >= 11 is 7.49. The normalized spacial score (nSPS) is 11.5. The van der Waals surface area contributed by atoms with Crippen LogP contribution >= 0.6 is 22.9 Å². The molecule has 3 rings (SSSR count). The fraction of sp³-hybridized carbons (Fsp3) is 0.0769. The maximum absolute atomic E-state index is 5.91. The smallest absolute Gasteiger partial charge is 0.194 e. The molecule has 19 heavy (non-hydrogen) atoms. The number of oxime groups is 1. The van der Waals surface area contributed by atoms with E-state index in [0.717, 1.165) is 21.9 Å². The van der Waals surface area contributed by atoms with Gasteiger partial charge in [-0.3, -0.25) is 4.40 Å². The van der Waals surface area contributed by atoms with E-state index in [9.17, 15) is 0 Å². The lowest BCUT2D eigenvalue weighted by Crippen LogP contribution is -1.91. The van der Waals surface area contributed by atoms with Crippen LogP contribution in [-0.2, 0) is 4.84 Å². The number of thiazole rings is 1. The molecule has 0 bridgehead atoms. The molecule has 0 radical (unpaired) electrons. The summed E-state index contributed by atoms with van der Waals surface area (Å²) in [5.41, 5.74) is 2.75. The quantitative estimate of drug-likeness (QED) is 0.545. The highest BCUT2D eigenvalue weighted by molar-refractivity contribution is 7.15. The zero-order valence-electron chi connectivity index (χ0n) is 10.1. The first-order valence-electron chi connectivity index (χ1n) is 5.57. The lowest BCUT2D eigenvalue weighted by molar-refractivity contribution is 0.215. The zero-order chi connectivity index (χ0) is 13.2. The van der Waals surface area contributed by atoms with Crippen molar-refractivity contribution in [2.75, 3.05) is 7.11 Å². The molecule has 0 aliphatic carbocycles. The first-order chi connectivity index (χ1) is 9.29. The minimum atomic E-state index is 0.705. The van der Waals surface area contributed by atoms with Crippen molar-refractivity contribution in [3.63, 3.8) is 0 Å². The minimum Gasteiger partial charge on any atom is -0.399 e. The van der Waals surface area contributed by atoms with Crippen molar-refractivity contribution in [2.24, 2.45) is 5.16 Å². The van der Waals surface area contributed by atoms with Gasteiger partial charge in [-0.25, -0.2) is 4.98 Å². The molecule has 0 fully saturated rings. The molecule has 96 valence electrons. The van der Waals surface area contributed by atoms with Crippen LogP contribution in [0.15, 0.2) is 41.0 Å². The molecule has 0 aliphatic rings. The van der Waals surface area contributed by atoms with Crippen LogP contribution in [0.2, 0.25) is 5.02 Å². The van der Waals surface area contributed by atoms with Crippen LogP contribution in [0.4, 0.5) is 0 Å². The topological polar surface area (TPSA) is 38.9 Å². The Morgan fingerprint density at radius 2 is 2.16 bits per heavy atom. The molecule has 0 unspecified atom stereocenters. The summed E-state index contributed by atoms with van der Waals surface area (Å²) in [6.07, 6.45) is 3.63. The maximum atomic E-state index is 5.91. The Labute approximate surface area is 118 Å². The predicted octanol–water partition coefficient (Wildman–Crippen LogP) is 3.70. The van der Waals surface area contributed by atoms with E-state index >= 15 is 0 Å². The number of benzene rings is 1. The Morgan fingerprint density at radius 1 is 1.37 bits per heavy atom. The molecule has 0 amide bonds. The number of fused-ring (bicyclic) bond motifs is 1. The molecule has 0 saturated carbocycles. The summed E-state index contributed by atoms with van der Waals surface area (Å²) in [6, 6.07) is 7.58. The largest absolute Gasteiger partial charge is 0.399 e. The van der Waals surface area contributed by atoms with Gasteiger partial charge in [-0.15, -0.1) is 11.3 Å². The monoisotopic (exact) mass is 291 g/mol. The molecule has 0 aliphatic heterocycles. The van der Waals surface area contributed by atoms with Crippen LogP contribution in [0, 0.1) is 0 Å². The number of rotatable bonds is 3. The highest BCUT2D eigenvalue weighted by Crippen LogP contribution is 2.26. The molecule has 4 nitrogen and oxygen atoms in total. The maximum Gasteiger partial charge on any atom is 0.194 e. The Balaban J connectivity index is 2.19. The van der Waals surface area contributed by atoms with Crippen molar-refractivity contribution in [3.8, 4) is 11.3 Å². The van der Waals surface area contributed by atoms with E-state index in [1.807, 2.05) is 40.2 Å². The molecule has 2 aromatic heterocycles. The third kappa shape index (κ3) is 2.22. The van der Waals surface area contributed by atoms with Crippen molar-refractivity contribution in [1.29, 1.82) is 0 Å². The van der Waals surface area contributed by atoms with Crippen LogP contribution < -0.4 is 0 Å². The lowest BCUT2D eigenvalue weighted by atomic mass is 10.1. The highest BCUT2D eigenvalue weighted by atomic mass is 35.5. The molecule has 0 N–H and O–H groups in total. The first-order valence-corrected chi connectivity index (χ1v) is 6.83. The van der Waals surface area contributed by atoms with Gasteiger partial charge in [-0.05, 0) is 12.1 Å². The van der Waals surface area contributed by atoms with Gasteiger partial charge in [-0.1, -0.05) is 28.9 Å². The van der Waals surface area contributed by atoms with Gasteiger partial charge in [0.05, 0.1) is 17.6 Å². The van der Waals surface area contributed by atoms with Gasteiger partial charge >= 0.3 is 0 Å². The molecule has 3 aromatic rings. The number of hydrogen-bond donors (Lipinski definition) is 0. The average molecular weight is 292 g/mol. The molecular formula is C13H10ClN3OS. The second-order valence-corrected chi connectivity index (χ2v) is 5.13. The van der Waals surface area contributed by atoms with Crippen LogP contribution in [0.1, 0.15) is 5.69 Å². The molecule has 0 atom stereocenters. The standard InChI is InChI=1S/C13H10ClN3OS/c1-18-15-8-11-12(9-2-4-10(14)5-3-9)16-13-17(11)6-7-19-13/h2-8H,1H3/b15-8-. The number of nitrogens with zero attached hydrogens (tertiary/aromatic N) is 3. The van der Waals surface area contributed by atoms with Crippen LogP contribution in [0.25, 0.3) is 16.2 Å². The van der Waals surface area contributed by atoms with Gasteiger partial charge in [-0.2, -0.15) is 0 Å². The fourth-order valence-corrected chi connectivity index (χ4v) is 2.70. The molecular weight excluding hydrogens is 282 g/mol. The molecule has 6 heteroatoms. The third-order valence-corrected chi connectivity index (χ3v) is 3.71. The van der Waals surface area contributed by atoms with E-state index in [2.05, 4.69) is 10.1 Å². The number of hydrogen-bond acceptors (Lipinski definition) is 4. The number of halogens is 1. The summed E-state index contributed by atoms with van der Waals surface area (Å²) in [5, 5.41) is 6.53.